The number of amides is 1. The third-order valence-electron chi connectivity index (χ3n) is 7.41. The van der Waals surface area contributed by atoms with E-state index in [1.54, 1.807) is 68.3 Å². The van der Waals surface area contributed by atoms with E-state index in [-0.39, 0.29) is 23.5 Å². The first-order chi connectivity index (χ1) is 20.7. The summed E-state index contributed by atoms with van der Waals surface area (Å²) in [5.41, 5.74) is 3.18. The molecule has 11 heteroatoms. The van der Waals surface area contributed by atoms with Crippen molar-refractivity contribution >= 4 is 32.5 Å². The normalized spacial score (nSPS) is 15.7. The van der Waals surface area contributed by atoms with Gasteiger partial charge in [-0.25, -0.2) is 18.1 Å². The lowest BCUT2D eigenvalue weighted by molar-refractivity contribution is 0.102. The Bertz CT molecular complexity index is 1920. The molecule has 1 fully saturated rings. The summed E-state index contributed by atoms with van der Waals surface area (Å²) in [4.78, 5) is 18.8. The highest BCUT2D eigenvalue weighted by Gasteiger charge is 2.32. The molecule has 0 saturated carbocycles. The number of methoxy groups -OCH3 is 2. The average molecular weight is 599 g/mol. The predicted octanol–water partition coefficient (Wildman–Crippen LogP) is 5.83. The van der Waals surface area contributed by atoms with E-state index in [2.05, 4.69) is 10.4 Å². The molecule has 0 aliphatic carbocycles. The summed E-state index contributed by atoms with van der Waals surface area (Å²) in [5.74, 6) is 2.13. The summed E-state index contributed by atoms with van der Waals surface area (Å²) in [5, 5.41) is 8.23. The van der Waals surface area contributed by atoms with Gasteiger partial charge in [-0.3, -0.25) is 4.79 Å². The van der Waals surface area contributed by atoms with Gasteiger partial charge in [-0.2, -0.15) is 5.10 Å². The van der Waals surface area contributed by atoms with Gasteiger partial charge in [0.25, 0.3) is 5.91 Å². The summed E-state index contributed by atoms with van der Waals surface area (Å²) in [6.07, 6.45) is 0.430. The van der Waals surface area contributed by atoms with Gasteiger partial charge in [-0.1, -0.05) is 18.2 Å². The lowest BCUT2D eigenvalue weighted by Gasteiger charge is -2.14. The number of nitrogens with one attached hydrogen (secondary N) is 1. The highest BCUT2D eigenvalue weighted by atomic mass is 32.2. The highest BCUT2D eigenvalue weighted by Crippen LogP contribution is 2.36. The molecular formula is C32H30N4O6S. The van der Waals surface area contributed by atoms with Crippen molar-refractivity contribution in [3.05, 3.63) is 90.1 Å². The molecule has 6 rings (SSSR count). The van der Waals surface area contributed by atoms with E-state index < -0.39 is 9.84 Å². The van der Waals surface area contributed by atoms with Crippen molar-refractivity contribution in [1.29, 1.82) is 0 Å². The number of ether oxygens (including phenoxy) is 3. The Kier molecular flexibility index (Phi) is 7.49. The molecule has 1 unspecified atom stereocenters. The number of nitrogens with zero attached hydrogens (tertiary/aromatic N) is 3. The molecule has 10 nitrogen and oxygen atoms in total. The van der Waals surface area contributed by atoms with Crippen molar-refractivity contribution in [1.82, 2.24) is 14.8 Å². The number of pyridine rings is 1. The molecule has 0 bridgehead atoms. The maximum atomic E-state index is 13.8. The van der Waals surface area contributed by atoms with E-state index in [1.165, 1.54) is 0 Å². The first kappa shape index (κ1) is 28.2. The number of rotatable bonds is 8. The van der Waals surface area contributed by atoms with Crippen molar-refractivity contribution in [2.75, 3.05) is 31.0 Å². The van der Waals surface area contributed by atoms with Gasteiger partial charge >= 0.3 is 0 Å². The zero-order valence-corrected chi connectivity index (χ0v) is 24.7. The molecule has 1 aliphatic heterocycles. The minimum Gasteiger partial charge on any atom is -0.493 e. The molecule has 3 aromatic carbocycles. The summed E-state index contributed by atoms with van der Waals surface area (Å²) in [6, 6.07) is 23.3. The lowest BCUT2D eigenvalue weighted by atomic mass is 10.0. The van der Waals surface area contributed by atoms with Crippen LogP contribution in [0.2, 0.25) is 0 Å². The predicted molar refractivity (Wildman–Crippen MR) is 164 cm³/mol. The van der Waals surface area contributed by atoms with Gasteiger partial charge in [0, 0.05) is 11.3 Å². The number of fused-ring (bicyclic) bond motifs is 1. The van der Waals surface area contributed by atoms with Gasteiger partial charge in [0.05, 0.1) is 54.1 Å². The van der Waals surface area contributed by atoms with E-state index in [4.69, 9.17) is 19.2 Å². The quantitative estimate of drug-likeness (QED) is 0.237. The number of para-hydroxylation sites is 1. The van der Waals surface area contributed by atoms with E-state index in [0.29, 0.717) is 68.7 Å². The highest BCUT2D eigenvalue weighted by molar-refractivity contribution is 7.91. The molecule has 0 spiro atoms. The second-order valence-electron chi connectivity index (χ2n) is 10.3. The van der Waals surface area contributed by atoms with Crippen LogP contribution < -0.4 is 19.5 Å². The van der Waals surface area contributed by atoms with Gasteiger partial charge < -0.3 is 19.5 Å². The molecule has 3 heterocycles. The summed E-state index contributed by atoms with van der Waals surface area (Å²) < 4.78 is 43.1. The van der Waals surface area contributed by atoms with Crippen molar-refractivity contribution in [2.45, 2.75) is 19.4 Å². The largest absolute Gasteiger partial charge is 0.493 e. The van der Waals surface area contributed by atoms with Crippen LogP contribution in [-0.2, 0) is 9.84 Å². The number of hydrogen-bond acceptors (Lipinski definition) is 8. The average Bonchev–Trinajstić information content (AvgIpc) is 3.55. The van der Waals surface area contributed by atoms with Gasteiger partial charge in [0.2, 0.25) is 0 Å². The van der Waals surface area contributed by atoms with Crippen LogP contribution in [0, 0.1) is 6.92 Å². The van der Waals surface area contributed by atoms with Crippen LogP contribution in [0.15, 0.2) is 78.9 Å². The molecule has 1 saturated heterocycles. The molecular weight excluding hydrogens is 568 g/mol. The maximum Gasteiger partial charge on any atom is 0.256 e. The van der Waals surface area contributed by atoms with Crippen molar-refractivity contribution in [2.24, 2.45) is 0 Å². The number of sulfone groups is 1. The smallest absolute Gasteiger partial charge is 0.256 e. The van der Waals surface area contributed by atoms with Crippen LogP contribution in [0.25, 0.3) is 22.3 Å². The minimum atomic E-state index is -3.18. The first-order valence-corrected chi connectivity index (χ1v) is 15.5. The topological polar surface area (TPSA) is 122 Å². The van der Waals surface area contributed by atoms with Gasteiger partial charge in [-0.15, -0.1) is 0 Å². The van der Waals surface area contributed by atoms with E-state index in [1.807, 2.05) is 36.4 Å². The Hall–Kier alpha value is -4.90. The Morgan fingerprint density at radius 3 is 2.33 bits per heavy atom. The molecule has 220 valence electrons. The van der Waals surface area contributed by atoms with Crippen LogP contribution >= 0.6 is 0 Å². The fourth-order valence-corrected chi connectivity index (χ4v) is 6.98. The van der Waals surface area contributed by atoms with Crippen LogP contribution in [0.4, 0.5) is 5.69 Å². The number of carbonyl (C=O) groups excluding carboxylic acids is 1. The summed E-state index contributed by atoms with van der Waals surface area (Å²) in [7, 11) is -0.0763. The molecule has 5 aromatic rings. The zero-order chi connectivity index (χ0) is 30.1. The van der Waals surface area contributed by atoms with Gasteiger partial charge in [0.1, 0.15) is 11.5 Å². The Balaban J connectivity index is 1.40. The molecule has 1 amide bonds. The van der Waals surface area contributed by atoms with E-state index in [0.717, 1.165) is 0 Å². The number of benzene rings is 3. The van der Waals surface area contributed by atoms with E-state index in [9.17, 15) is 13.2 Å². The maximum absolute atomic E-state index is 13.8. The molecule has 1 aliphatic rings. The third-order valence-corrected chi connectivity index (χ3v) is 9.16. The number of hydrogen-bond donors (Lipinski definition) is 1. The molecule has 43 heavy (non-hydrogen) atoms. The fraction of sp³-hybridized carbons (Fsp3) is 0.219. The lowest BCUT2D eigenvalue weighted by Crippen LogP contribution is -2.15. The fourth-order valence-electron chi connectivity index (χ4n) is 5.29. The van der Waals surface area contributed by atoms with E-state index >= 15 is 0 Å². The van der Waals surface area contributed by atoms with Crippen LogP contribution in [-0.4, -0.2) is 54.8 Å². The standard InChI is InChI=1S/C32H30N4O6S/c1-20-30-26(32(37)33-22-10-12-25(13-11-22)42-24-7-5-4-6-8-24)18-27(21-9-14-28(40-2)29(17-21)41-3)34-31(30)36(35-20)23-15-16-43(38,39)19-23/h4-14,17-18,23H,15-16,19H2,1-3H3,(H,33,37). The summed E-state index contributed by atoms with van der Waals surface area (Å²) in [6.45, 7) is 1.80. The Morgan fingerprint density at radius 1 is 0.930 bits per heavy atom. The monoisotopic (exact) mass is 598 g/mol. The van der Waals surface area contributed by atoms with Crippen LogP contribution in [0.3, 0.4) is 0 Å². The Labute approximate surface area is 249 Å². The molecule has 2 aromatic heterocycles. The van der Waals surface area contributed by atoms with Crippen molar-refractivity contribution in [3.63, 3.8) is 0 Å². The molecule has 0 radical (unpaired) electrons. The van der Waals surface area contributed by atoms with Crippen molar-refractivity contribution in [3.8, 4) is 34.3 Å². The second-order valence-corrected chi connectivity index (χ2v) is 12.5. The number of carbonyl (C=O) groups is 1. The van der Waals surface area contributed by atoms with Crippen LogP contribution in [0.5, 0.6) is 23.0 Å². The SMILES string of the molecule is COc1ccc(-c2cc(C(=O)Nc3ccc(Oc4ccccc4)cc3)c3c(C)nn(C4CCS(=O)(=O)C4)c3n2)cc1OC. The Morgan fingerprint density at radius 2 is 1.65 bits per heavy atom. The summed E-state index contributed by atoms with van der Waals surface area (Å²) >= 11 is 0. The first-order valence-electron chi connectivity index (χ1n) is 13.7. The van der Waals surface area contributed by atoms with Gasteiger partial charge in [0.15, 0.2) is 27.0 Å². The van der Waals surface area contributed by atoms with Crippen molar-refractivity contribution < 1.29 is 27.4 Å². The second kappa shape index (κ2) is 11.4. The molecule has 1 atom stereocenters. The number of aromatic nitrogens is 3. The number of anilines is 1. The van der Waals surface area contributed by atoms with Gasteiger partial charge in [-0.05, 0) is 74.0 Å². The third kappa shape index (κ3) is 5.76. The minimum absolute atomic E-state index is 0.0234. The molecule has 1 N–H and O–H groups in total. The number of aryl methyl sites for hydroxylation is 1. The van der Waals surface area contributed by atoms with Crippen LogP contribution in [0.1, 0.15) is 28.5 Å². The zero-order valence-electron chi connectivity index (χ0n) is 23.9.